The standard InChI is InChI=1S/C18H16N4O4/c1-11-10-13(12(2)21(11)14-6-4-3-5-7-14)8-9-15-16(22(25)26)17(23)20-18(24)19-15/h3-10H,1-2H3,(H2,19,20,23,24)/b9-8-. The maximum absolute atomic E-state index is 11.7. The van der Waals surface area contributed by atoms with Crippen molar-refractivity contribution >= 4 is 17.8 Å². The van der Waals surface area contributed by atoms with Gasteiger partial charge in [0, 0.05) is 17.1 Å². The third kappa shape index (κ3) is 3.12. The van der Waals surface area contributed by atoms with Gasteiger partial charge in [0.05, 0.1) is 4.92 Å². The molecule has 8 heteroatoms. The summed E-state index contributed by atoms with van der Waals surface area (Å²) in [5.74, 6) is 0. The van der Waals surface area contributed by atoms with Crippen LogP contribution in [-0.4, -0.2) is 19.5 Å². The summed E-state index contributed by atoms with van der Waals surface area (Å²) in [7, 11) is 0. The summed E-state index contributed by atoms with van der Waals surface area (Å²) in [6.45, 7) is 3.88. The number of nitro groups is 1. The summed E-state index contributed by atoms with van der Waals surface area (Å²) in [5, 5.41) is 11.1. The van der Waals surface area contributed by atoms with E-state index in [9.17, 15) is 19.7 Å². The molecular weight excluding hydrogens is 336 g/mol. The minimum atomic E-state index is -1.03. The van der Waals surface area contributed by atoms with E-state index < -0.39 is 21.9 Å². The molecule has 3 rings (SSSR count). The number of aromatic nitrogens is 3. The molecule has 132 valence electrons. The van der Waals surface area contributed by atoms with Crippen molar-refractivity contribution in [3.63, 3.8) is 0 Å². The highest BCUT2D eigenvalue weighted by molar-refractivity contribution is 5.73. The number of benzene rings is 1. The molecular formula is C18H16N4O4. The fraction of sp³-hybridized carbons (Fsp3) is 0.111. The van der Waals surface area contributed by atoms with Crippen LogP contribution in [0.15, 0.2) is 46.0 Å². The van der Waals surface area contributed by atoms with Crippen LogP contribution in [0, 0.1) is 24.0 Å². The fourth-order valence-corrected chi connectivity index (χ4v) is 2.90. The predicted molar refractivity (Wildman–Crippen MR) is 98.5 cm³/mol. The SMILES string of the molecule is Cc1cc(/C=C\c2[nH]c(=O)[nH]c(=O)c2[N+](=O)[O-])c(C)n1-c1ccccc1. The summed E-state index contributed by atoms with van der Waals surface area (Å²) < 4.78 is 2.05. The van der Waals surface area contributed by atoms with Crippen LogP contribution in [-0.2, 0) is 0 Å². The molecule has 0 fully saturated rings. The Morgan fingerprint density at radius 3 is 2.42 bits per heavy atom. The Kier molecular flexibility index (Phi) is 4.40. The third-order valence-corrected chi connectivity index (χ3v) is 4.04. The zero-order valence-electron chi connectivity index (χ0n) is 14.1. The molecule has 26 heavy (non-hydrogen) atoms. The highest BCUT2D eigenvalue weighted by Crippen LogP contribution is 2.23. The van der Waals surface area contributed by atoms with E-state index in [2.05, 4.69) is 9.55 Å². The molecule has 2 N–H and O–H groups in total. The first-order chi connectivity index (χ1) is 12.4. The molecule has 0 unspecified atom stereocenters. The number of nitrogens with zero attached hydrogens (tertiary/aromatic N) is 2. The van der Waals surface area contributed by atoms with E-state index in [0.717, 1.165) is 22.6 Å². The molecule has 0 saturated heterocycles. The zero-order valence-corrected chi connectivity index (χ0v) is 14.1. The van der Waals surface area contributed by atoms with E-state index >= 15 is 0 Å². The average Bonchev–Trinajstić information content (AvgIpc) is 2.86. The number of para-hydroxylation sites is 1. The molecule has 0 aliphatic rings. The second kappa shape index (κ2) is 6.67. The van der Waals surface area contributed by atoms with E-state index in [4.69, 9.17) is 0 Å². The van der Waals surface area contributed by atoms with E-state index in [1.54, 1.807) is 6.08 Å². The molecule has 0 aliphatic carbocycles. The van der Waals surface area contributed by atoms with Gasteiger partial charge < -0.3 is 9.55 Å². The number of hydrogen-bond acceptors (Lipinski definition) is 4. The number of nitrogens with one attached hydrogen (secondary N) is 2. The predicted octanol–water partition coefficient (Wildman–Crippen LogP) is 2.55. The summed E-state index contributed by atoms with van der Waals surface area (Å²) in [6.07, 6.45) is 3.01. The topological polar surface area (TPSA) is 114 Å². The van der Waals surface area contributed by atoms with Gasteiger partial charge in [-0.1, -0.05) is 24.3 Å². The van der Waals surface area contributed by atoms with Gasteiger partial charge in [0.15, 0.2) is 0 Å². The molecule has 0 radical (unpaired) electrons. The fourth-order valence-electron chi connectivity index (χ4n) is 2.90. The van der Waals surface area contributed by atoms with Gasteiger partial charge in [0.1, 0.15) is 5.69 Å². The monoisotopic (exact) mass is 352 g/mol. The quantitative estimate of drug-likeness (QED) is 0.555. The Morgan fingerprint density at radius 2 is 1.77 bits per heavy atom. The summed E-state index contributed by atoms with van der Waals surface area (Å²) >= 11 is 0. The minimum absolute atomic E-state index is 0.145. The lowest BCUT2D eigenvalue weighted by Crippen LogP contribution is -2.25. The van der Waals surface area contributed by atoms with E-state index in [-0.39, 0.29) is 5.69 Å². The number of rotatable bonds is 4. The van der Waals surface area contributed by atoms with Crippen LogP contribution in [0.3, 0.4) is 0 Å². The average molecular weight is 352 g/mol. The molecule has 0 aliphatic heterocycles. The van der Waals surface area contributed by atoms with Gasteiger partial charge in [-0.3, -0.25) is 19.9 Å². The molecule has 0 bridgehead atoms. The van der Waals surface area contributed by atoms with Gasteiger partial charge in [0.25, 0.3) is 0 Å². The molecule has 2 heterocycles. The van der Waals surface area contributed by atoms with Crippen molar-refractivity contribution in [1.82, 2.24) is 14.5 Å². The van der Waals surface area contributed by atoms with E-state index in [1.165, 1.54) is 6.08 Å². The second-order valence-electron chi connectivity index (χ2n) is 5.76. The molecule has 1 aromatic carbocycles. The Labute approximate surface area is 147 Å². The van der Waals surface area contributed by atoms with Gasteiger partial charge in [-0.15, -0.1) is 0 Å². The first kappa shape index (κ1) is 17.2. The summed E-state index contributed by atoms with van der Waals surface area (Å²) in [6, 6.07) is 11.7. The summed E-state index contributed by atoms with van der Waals surface area (Å²) in [4.78, 5) is 37.5. The molecule has 3 aromatic rings. The van der Waals surface area contributed by atoms with Gasteiger partial charge in [-0.25, -0.2) is 4.79 Å². The zero-order chi connectivity index (χ0) is 18.8. The van der Waals surface area contributed by atoms with Crippen molar-refractivity contribution in [1.29, 1.82) is 0 Å². The van der Waals surface area contributed by atoms with Crippen molar-refractivity contribution in [2.24, 2.45) is 0 Å². The van der Waals surface area contributed by atoms with Crippen LogP contribution in [0.2, 0.25) is 0 Å². The van der Waals surface area contributed by atoms with Crippen molar-refractivity contribution in [2.75, 3.05) is 0 Å². The minimum Gasteiger partial charge on any atom is -0.318 e. The third-order valence-electron chi connectivity index (χ3n) is 4.04. The summed E-state index contributed by atoms with van der Waals surface area (Å²) in [5.41, 5.74) is 1.07. The van der Waals surface area contributed by atoms with Crippen molar-refractivity contribution in [3.8, 4) is 5.69 Å². The van der Waals surface area contributed by atoms with Crippen LogP contribution in [0.25, 0.3) is 17.8 Å². The first-order valence-corrected chi connectivity index (χ1v) is 7.82. The highest BCUT2D eigenvalue weighted by atomic mass is 16.6. The molecule has 0 saturated carbocycles. The van der Waals surface area contributed by atoms with Crippen molar-refractivity contribution in [3.05, 3.63) is 90.0 Å². The molecule has 2 aromatic heterocycles. The van der Waals surface area contributed by atoms with Gasteiger partial charge in [-0.05, 0) is 43.7 Å². The lowest BCUT2D eigenvalue weighted by Gasteiger charge is -2.09. The van der Waals surface area contributed by atoms with Crippen LogP contribution < -0.4 is 11.2 Å². The Bertz CT molecular complexity index is 1120. The highest BCUT2D eigenvalue weighted by Gasteiger charge is 2.19. The van der Waals surface area contributed by atoms with Crippen LogP contribution in [0.5, 0.6) is 0 Å². The lowest BCUT2D eigenvalue weighted by molar-refractivity contribution is -0.386. The molecule has 0 atom stereocenters. The van der Waals surface area contributed by atoms with Gasteiger partial charge >= 0.3 is 16.9 Å². The van der Waals surface area contributed by atoms with E-state index in [0.29, 0.717) is 0 Å². The van der Waals surface area contributed by atoms with E-state index in [1.807, 2.05) is 55.2 Å². The first-order valence-electron chi connectivity index (χ1n) is 7.82. The molecule has 8 nitrogen and oxygen atoms in total. The lowest BCUT2D eigenvalue weighted by atomic mass is 10.2. The number of hydrogen-bond donors (Lipinski definition) is 2. The van der Waals surface area contributed by atoms with Gasteiger partial charge in [-0.2, -0.15) is 0 Å². The normalized spacial score (nSPS) is 11.2. The number of aryl methyl sites for hydroxylation is 1. The maximum Gasteiger partial charge on any atom is 0.357 e. The molecule has 0 spiro atoms. The van der Waals surface area contributed by atoms with Crippen LogP contribution >= 0.6 is 0 Å². The second-order valence-corrected chi connectivity index (χ2v) is 5.76. The van der Waals surface area contributed by atoms with Crippen LogP contribution in [0.4, 0.5) is 5.69 Å². The van der Waals surface area contributed by atoms with Crippen molar-refractivity contribution < 1.29 is 4.92 Å². The largest absolute Gasteiger partial charge is 0.357 e. The van der Waals surface area contributed by atoms with Gasteiger partial charge in [0.2, 0.25) is 0 Å². The maximum atomic E-state index is 11.7. The Balaban J connectivity index is 2.08. The van der Waals surface area contributed by atoms with Crippen LogP contribution in [0.1, 0.15) is 22.6 Å². The Hall–Kier alpha value is -3.68. The smallest absolute Gasteiger partial charge is 0.318 e. The Morgan fingerprint density at radius 1 is 1.08 bits per heavy atom. The number of aromatic amines is 2. The number of H-pyrrole nitrogens is 2. The van der Waals surface area contributed by atoms with Crippen molar-refractivity contribution in [2.45, 2.75) is 13.8 Å². The molecule has 0 amide bonds.